The van der Waals surface area contributed by atoms with Crippen molar-refractivity contribution in [1.29, 1.82) is 0 Å². The van der Waals surface area contributed by atoms with Gasteiger partial charge in [-0.15, -0.1) is 10.2 Å². The molecule has 1 aromatic heterocycles. The second-order valence-corrected chi connectivity index (χ2v) is 4.57. The summed E-state index contributed by atoms with van der Waals surface area (Å²) in [7, 11) is 1.88. The summed E-state index contributed by atoms with van der Waals surface area (Å²) in [5.41, 5.74) is 1.87. The predicted octanol–water partition coefficient (Wildman–Crippen LogP) is 3.37. The Morgan fingerprint density at radius 2 is 2.17 bits per heavy atom. The van der Waals surface area contributed by atoms with Gasteiger partial charge in [-0.05, 0) is 38.1 Å². The van der Waals surface area contributed by atoms with Crippen molar-refractivity contribution < 1.29 is 4.42 Å². The van der Waals surface area contributed by atoms with Crippen LogP contribution in [0.1, 0.15) is 30.8 Å². The van der Waals surface area contributed by atoms with Crippen LogP contribution in [0, 0.1) is 6.92 Å². The fourth-order valence-corrected chi connectivity index (χ4v) is 1.90. The van der Waals surface area contributed by atoms with Gasteiger partial charge in [0.1, 0.15) is 0 Å². The Labute approximate surface area is 111 Å². The minimum Gasteiger partial charge on any atom is -0.419 e. The van der Waals surface area contributed by atoms with E-state index in [2.05, 4.69) is 22.4 Å². The zero-order chi connectivity index (χ0) is 13.1. The van der Waals surface area contributed by atoms with E-state index in [-0.39, 0.29) is 6.04 Å². The van der Waals surface area contributed by atoms with Gasteiger partial charge in [-0.1, -0.05) is 24.6 Å². The van der Waals surface area contributed by atoms with Crippen LogP contribution < -0.4 is 5.32 Å². The normalized spacial score (nSPS) is 12.7. The monoisotopic (exact) mass is 265 g/mol. The first kappa shape index (κ1) is 13.1. The van der Waals surface area contributed by atoms with Gasteiger partial charge in [-0.3, -0.25) is 0 Å². The van der Waals surface area contributed by atoms with Crippen molar-refractivity contribution in [1.82, 2.24) is 15.5 Å². The van der Waals surface area contributed by atoms with Crippen molar-refractivity contribution in [3.8, 4) is 11.5 Å². The molecule has 2 rings (SSSR count). The molecule has 1 heterocycles. The van der Waals surface area contributed by atoms with E-state index in [1.165, 1.54) is 0 Å². The first-order valence-electron chi connectivity index (χ1n) is 5.93. The van der Waals surface area contributed by atoms with Crippen LogP contribution in [0.4, 0.5) is 0 Å². The van der Waals surface area contributed by atoms with Gasteiger partial charge >= 0.3 is 0 Å². The third-order valence-corrected chi connectivity index (χ3v) is 3.32. The maximum Gasteiger partial charge on any atom is 0.247 e. The Balaban J connectivity index is 2.31. The average Bonchev–Trinajstić information content (AvgIpc) is 2.84. The zero-order valence-corrected chi connectivity index (χ0v) is 11.5. The van der Waals surface area contributed by atoms with Crippen LogP contribution in [0.15, 0.2) is 22.6 Å². The SMILES string of the molecule is CCC(NC)c1nnc(-c2ccc(C)c(Cl)c2)o1. The molecule has 1 N–H and O–H groups in total. The average molecular weight is 266 g/mol. The summed E-state index contributed by atoms with van der Waals surface area (Å²) in [4.78, 5) is 0. The smallest absolute Gasteiger partial charge is 0.247 e. The molecule has 1 atom stereocenters. The number of nitrogens with zero attached hydrogens (tertiary/aromatic N) is 2. The molecule has 0 bridgehead atoms. The van der Waals surface area contributed by atoms with E-state index in [0.717, 1.165) is 17.5 Å². The topological polar surface area (TPSA) is 51.0 Å². The fraction of sp³-hybridized carbons (Fsp3) is 0.385. The lowest BCUT2D eigenvalue weighted by molar-refractivity contribution is 0.415. The Morgan fingerprint density at radius 3 is 2.78 bits per heavy atom. The molecule has 0 aliphatic carbocycles. The van der Waals surface area contributed by atoms with E-state index in [1.54, 1.807) is 0 Å². The van der Waals surface area contributed by atoms with Gasteiger partial charge in [-0.2, -0.15) is 0 Å². The Hall–Kier alpha value is -1.39. The number of rotatable bonds is 4. The molecule has 0 aliphatic rings. The van der Waals surface area contributed by atoms with E-state index in [4.69, 9.17) is 16.0 Å². The number of halogens is 1. The Kier molecular flexibility index (Phi) is 3.99. The first-order valence-corrected chi connectivity index (χ1v) is 6.30. The number of hydrogen-bond donors (Lipinski definition) is 1. The molecule has 4 nitrogen and oxygen atoms in total. The van der Waals surface area contributed by atoms with E-state index in [9.17, 15) is 0 Å². The summed E-state index contributed by atoms with van der Waals surface area (Å²) in [6.07, 6.45) is 0.896. The van der Waals surface area contributed by atoms with Crippen LogP contribution in [0.5, 0.6) is 0 Å². The standard InChI is InChI=1S/C13H16ClN3O/c1-4-11(15-3)13-17-16-12(18-13)9-6-5-8(2)10(14)7-9/h5-7,11,15H,4H2,1-3H3. The minimum absolute atomic E-state index is 0.0900. The molecule has 0 spiro atoms. The van der Waals surface area contributed by atoms with Gasteiger partial charge in [0.05, 0.1) is 6.04 Å². The molecule has 18 heavy (non-hydrogen) atoms. The first-order chi connectivity index (χ1) is 8.65. The van der Waals surface area contributed by atoms with Crippen molar-refractivity contribution in [2.24, 2.45) is 0 Å². The lowest BCUT2D eigenvalue weighted by Gasteiger charge is -2.07. The van der Waals surface area contributed by atoms with Crippen LogP contribution in [0.3, 0.4) is 0 Å². The molecule has 5 heteroatoms. The maximum absolute atomic E-state index is 6.09. The van der Waals surface area contributed by atoms with Gasteiger partial charge < -0.3 is 9.73 Å². The summed E-state index contributed by atoms with van der Waals surface area (Å²) in [5, 5.41) is 12.0. The highest BCUT2D eigenvalue weighted by Gasteiger charge is 2.16. The molecule has 1 aromatic carbocycles. The van der Waals surface area contributed by atoms with Gasteiger partial charge in [0.25, 0.3) is 0 Å². The van der Waals surface area contributed by atoms with E-state index in [1.807, 2.05) is 32.2 Å². The molecule has 0 fully saturated rings. The highest BCUT2D eigenvalue weighted by atomic mass is 35.5. The largest absolute Gasteiger partial charge is 0.419 e. The number of hydrogen-bond acceptors (Lipinski definition) is 4. The van der Waals surface area contributed by atoms with E-state index < -0.39 is 0 Å². The van der Waals surface area contributed by atoms with Crippen LogP contribution in [0.2, 0.25) is 5.02 Å². The predicted molar refractivity (Wildman–Crippen MR) is 71.6 cm³/mol. The minimum atomic E-state index is 0.0900. The molecule has 0 saturated carbocycles. The van der Waals surface area contributed by atoms with Crippen molar-refractivity contribution in [2.75, 3.05) is 7.05 Å². The zero-order valence-electron chi connectivity index (χ0n) is 10.7. The third-order valence-electron chi connectivity index (χ3n) is 2.91. The second-order valence-electron chi connectivity index (χ2n) is 4.16. The molecular formula is C13H16ClN3O. The molecule has 2 aromatic rings. The summed E-state index contributed by atoms with van der Waals surface area (Å²) < 4.78 is 5.67. The van der Waals surface area contributed by atoms with Gasteiger partial charge in [0.15, 0.2) is 0 Å². The molecule has 0 saturated heterocycles. The Bertz CT molecular complexity index is 535. The molecule has 0 aliphatic heterocycles. The van der Waals surface area contributed by atoms with Crippen molar-refractivity contribution in [2.45, 2.75) is 26.3 Å². The van der Waals surface area contributed by atoms with Crippen LogP contribution in [-0.2, 0) is 0 Å². The van der Waals surface area contributed by atoms with Crippen LogP contribution in [0.25, 0.3) is 11.5 Å². The van der Waals surface area contributed by atoms with E-state index >= 15 is 0 Å². The lowest BCUT2D eigenvalue weighted by atomic mass is 10.1. The summed E-state index contributed by atoms with van der Waals surface area (Å²) in [5.74, 6) is 1.10. The number of nitrogens with one attached hydrogen (secondary N) is 1. The number of aromatic nitrogens is 2. The van der Waals surface area contributed by atoms with E-state index in [0.29, 0.717) is 16.8 Å². The van der Waals surface area contributed by atoms with Crippen molar-refractivity contribution in [3.05, 3.63) is 34.7 Å². The maximum atomic E-state index is 6.09. The van der Waals surface area contributed by atoms with Gasteiger partial charge in [-0.25, -0.2) is 0 Å². The number of aryl methyl sites for hydroxylation is 1. The van der Waals surface area contributed by atoms with Crippen LogP contribution in [-0.4, -0.2) is 17.2 Å². The van der Waals surface area contributed by atoms with Gasteiger partial charge in [0.2, 0.25) is 11.8 Å². The third kappa shape index (κ3) is 2.54. The summed E-state index contributed by atoms with van der Waals surface area (Å²) in [6.45, 7) is 4.02. The van der Waals surface area contributed by atoms with Crippen molar-refractivity contribution in [3.63, 3.8) is 0 Å². The van der Waals surface area contributed by atoms with Crippen molar-refractivity contribution >= 4 is 11.6 Å². The fourth-order valence-electron chi connectivity index (χ4n) is 1.72. The highest BCUT2D eigenvalue weighted by Crippen LogP contribution is 2.26. The summed E-state index contributed by atoms with van der Waals surface area (Å²) in [6, 6.07) is 5.80. The number of benzene rings is 1. The van der Waals surface area contributed by atoms with Crippen LogP contribution >= 0.6 is 11.6 Å². The van der Waals surface area contributed by atoms with Gasteiger partial charge in [0, 0.05) is 10.6 Å². The molecule has 96 valence electrons. The Morgan fingerprint density at radius 1 is 1.39 bits per heavy atom. The second kappa shape index (κ2) is 5.50. The molecular weight excluding hydrogens is 250 g/mol. The quantitative estimate of drug-likeness (QED) is 0.921. The molecule has 0 radical (unpaired) electrons. The molecule has 1 unspecified atom stereocenters. The highest BCUT2D eigenvalue weighted by molar-refractivity contribution is 6.31. The summed E-state index contributed by atoms with van der Waals surface area (Å²) >= 11 is 6.09. The molecule has 0 amide bonds. The lowest BCUT2D eigenvalue weighted by Crippen LogP contribution is -2.15.